The average molecular weight is 291 g/mol. The van der Waals surface area contributed by atoms with Crippen molar-refractivity contribution in [3.8, 4) is 0 Å². The quantitative estimate of drug-likeness (QED) is 0.878. The number of aryl methyl sites for hydroxylation is 1. The van der Waals surface area contributed by atoms with Gasteiger partial charge in [-0.2, -0.15) is 0 Å². The Morgan fingerprint density at radius 1 is 1.20 bits per heavy atom. The van der Waals surface area contributed by atoms with Gasteiger partial charge in [-0.1, -0.05) is 31.2 Å². The smallest absolute Gasteiger partial charge is 0.241 e. The molecule has 2 aromatic rings. The molecule has 0 radical (unpaired) electrons. The molecule has 1 heterocycles. The number of rotatable bonds is 5. The number of pyridine rings is 1. The zero-order valence-electron chi connectivity index (χ0n) is 11.2. The van der Waals surface area contributed by atoms with Gasteiger partial charge in [0.15, 0.2) is 0 Å². The number of sulfonamides is 1. The van der Waals surface area contributed by atoms with E-state index in [0.717, 1.165) is 17.5 Å². The van der Waals surface area contributed by atoms with E-state index in [4.69, 9.17) is 5.73 Å². The van der Waals surface area contributed by atoms with E-state index in [0.29, 0.717) is 0 Å². The van der Waals surface area contributed by atoms with Crippen molar-refractivity contribution in [2.45, 2.75) is 24.8 Å². The van der Waals surface area contributed by atoms with E-state index < -0.39 is 10.0 Å². The molecule has 1 aromatic heterocycles. The fraction of sp³-hybridized carbons (Fsp3) is 0.214. The van der Waals surface area contributed by atoms with Crippen molar-refractivity contribution < 1.29 is 8.42 Å². The molecule has 0 aliphatic rings. The maximum atomic E-state index is 12.2. The Labute approximate surface area is 118 Å². The second kappa shape index (κ2) is 6.02. The van der Waals surface area contributed by atoms with Gasteiger partial charge in [0.05, 0.1) is 4.90 Å². The molecule has 106 valence electrons. The summed E-state index contributed by atoms with van der Waals surface area (Å²) in [5.41, 5.74) is 7.61. The Bertz CT molecular complexity index is 699. The van der Waals surface area contributed by atoms with Crippen LogP contribution in [0.2, 0.25) is 0 Å². The van der Waals surface area contributed by atoms with E-state index in [2.05, 4.69) is 9.71 Å². The van der Waals surface area contributed by atoms with Gasteiger partial charge in [-0.3, -0.25) is 0 Å². The molecule has 6 heteroatoms. The highest BCUT2D eigenvalue weighted by Crippen LogP contribution is 2.13. The first-order chi connectivity index (χ1) is 9.53. The van der Waals surface area contributed by atoms with Crippen molar-refractivity contribution >= 4 is 15.8 Å². The molecule has 0 fully saturated rings. The molecular weight excluding hydrogens is 274 g/mol. The molecule has 0 unspecified atom stereocenters. The minimum atomic E-state index is -3.58. The number of nitrogen functional groups attached to an aromatic ring is 1. The summed E-state index contributed by atoms with van der Waals surface area (Å²) < 4.78 is 26.9. The van der Waals surface area contributed by atoms with Crippen molar-refractivity contribution in [1.82, 2.24) is 9.71 Å². The van der Waals surface area contributed by atoms with Crippen LogP contribution in [0.1, 0.15) is 18.1 Å². The van der Waals surface area contributed by atoms with Gasteiger partial charge in [0.1, 0.15) is 5.82 Å². The van der Waals surface area contributed by atoms with Crippen LogP contribution in [0, 0.1) is 0 Å². The third kappa shape index (κ3) is 3.34. The monoisotopic (exact) mass is 291 g/mol. The molecule has 0 atom stereocenters. The Morgan fingerprint density at radius 3 is 2.55 bits per heavy atom. The maximum Gasteiger partial charge on any atom is 0.241 e. The first-order valence-corrected chi connectivity index (χ1v) is 7.79. The fourth-order valence-electron chi connectivity index (χ4n) is 1.93. The average Bonchev–Trinajstić information content (AvgIpc) is 2.45. The number of anilines is 1. The van der Waals surface area contributed by atoms with Crippen molar-refractivity contribution in [1.29, 1.82) is 0 Å². The molecule has 3 N–H and O–H groups in total. The zero-order valence-corrected chi connectivity index (χ0v) is 12.0. The van der Waals surface area contributed by atoms with Crippen molar-refractivity contribution in [3.05, 3.63) is 53.7 Å². The summed E-state index contributed by atoms with van der Waals surface area (Å²) in [4.78, 5) is 3.91. The highest BCUT2D eigenvalue weighted by atomic mass is 32.2. The lowest BCUT2D eigenvalue weighted by Gasteiger charge is -2.10. The van der Waals surface area contributed by atoms with Crippen LogP contribution in [0.4, 0.5) is 5.82 Å². The molecule has 0 spiro atoms. The van der Waals surface area contributed by atoms with Crippen LogP contribution in [0.3, 0.4) is 0 Å². The molecule has 0 bridgehead atoms. The largest absolute Gasteiger partial charge is 0.384 e. The maximum absolute atomic E-state index is 12.2. The Kier molecular flexibility index (Phi) is 4.36. The number of nitrogens with zero attached hydrogens (tertiary/aromatic N) is 1. The minimum Gasteiger partial charge on any atom is -0.384 e. The first-order valence-electron chi connectivity index (χ1n) is 6.31. The van der Waals surface area contributed by atoms with Gasteiger partial charge in [0, 0.05) is 18.8 Å². The summed E-state index contributed by atoms with van der Waals surface area (Å²) >= 11 is 0. The lowest BCUT2D eigenvalue weighted by molar-refractivity contribution is 0.581. The number of hydrogen-bond donors (Lipinski definition) is 2. The van der Waals surface area contributed by atoms with E-state index in [9.17, 15) is 8.42 Å². The molecule has 0 amide bonds. The van der Waals surface area contributed by atoms with E-state index in [-0.39, 0.29) is 17.3 Å². The molecule has 0 saturated carbocycles. The van der Waals surface area contributed by atoms with Crippen LogP contribution in [-0.2, 0) is 23.0 Å². The normalized spacial score (nSPS) is 11.4. The molecule has 1 aromatic carbocycles. The summed E-state index contributed by atoms with van der Waals surface area (Å²) in [5.74, 6) is 0.182. The third-order valence-corrected chi connectivity index (χ3v) is 4.41. The van der Waals surface area contributed by atoms with Gasteiger partial charge in [0.2, 0.25) is 10.0 Å². The van der Waals surface area contributed by atoms with Gasteiger partial charge in [-0.05, 0) is 23.6 Å². The predicted octanol–water partition coefficient (Wildman–Crippen LogP) is 1.70. The van der Waals surface area contributed by atoms with Crippen LogP contribution in [-0.4, -0.2) is 13.4 Å². The van der Waals surface area contributed by atoms with Crippen LogP contribution in [0.5, 0.6) is 0 Å². The standard InChI is InChI=1S/C14H17N3O2S/c1-2-11-5-3-4-6-12(11)10-17-20(18,19)13-7-8-16-14(15)9-13/h3-9,17H,2,10H2,1H3,(H2,15,16). The Hall–Kier alpha value is -1.92. The first kappa shape index (κ1) is 14.5. The van der Waals surface area contributed by atoms with Gasteiger partial charge in [-0.25, -0.2) is 18.1 Å². The molecule has 5 nitrogen and oxygen atoms in total. The lowest BCUT2D eigenvalue weighted by Crippen LogP contribution is -2.24. The van der Waals surface area contributed by atoms with E-state index in [1.807, 2.05) is 31.2 Å². The molecule has 20 heavy (non-hydrogen) atoms. The van der Waals surface area contributed by atoms with Crippen LogP contribution >= 0.6 is 0 Å². The second-order valence-corrected chi connectivity index (χ2v) is 6.13. The number of benzene rings is 1. The van der Waals surface area contributed by atoms with Gasteiger partial charge in [0.25, 0.3) is 0 Å². The second-order valence-electron chi connectivity index (χ2n) is 4.36. The molecular formula is C14H17N3O2S. The SMILES string of the molecule is CCc1ccccc1CNS(=O)(=O)c1ccnc(N)c1. The summed E-state index contributed by atoms with van der Waals surface area (Å²) in [7, 11) is -3.58. The van der Waals surface area contributed by atoms with Crippen LogP contribution < -0.4 is 10.5 Å². The van der Waals surface area contributed by atoms with Gasteiger partial charge < -0.3 is 5.73 Å². The van der Waals surface area contributed by atoms with Gasteiger partial charge in [-0.15, -0.1) is 0 Å². The Balaban J connectivity index is 2.17. The van der Waals surface area contributed by atoms with E-state index in [1.54, 1.807) is 0 Å². The lowest BCUT2D eigenvalue weighted by atomic mass is 10.1. The highest BCUT2D eigenvalue weighted by Gasteiger charge is 2.14. The van der Waals surface area contributed by atoms with Crippen molar-refractivity contribution in [2.24, 2.45) is 0 Å². The summed E-state index contributed by atoms with van der Waals surface area (Å²) in [6.45, 7) is 2.30. The summed E-state index contributed by atoms with van der Waals surface area (Å²) in [5, 5.41) is 0. The van der Waals surface area contributed by atoms with Crippen LogP contribution in [0.25, 0.3) is 0 Å². The minimum absolute atomic E-state index is 0.124. The Morgan fingerprint density at radius 2 is 1.90 bits per heavy atom. The van der Waals surface area contributed by atoms with Gasteiger partial charge >= 0.3 is 0 Å². The number of nitrogens with one attached hydrogen (secondary N) is 1. The summed E-state index contributed by atoms with van der Waals surface area (Å²) in [6, 6.07) is 10.5. The van der Waals surface area contributed by atoms with Crippen molar-refractivity contribution in [3.63, 3.8) is 0 Å². The van der Waals surface area contributed by atoms with Crippen LogP contribution in [0.15, 0.2) is 47.5 Å². The summed E-state index contributed by atoms with van der Waals surface area (Å²) in [6.07, 6.45) is 2.24. The van der Waals surface area contributed by atoms with Crippen molar-refractivity contribution in [2.75, 3.05) is 5.73 Å². The van der Waals surface area contributed by atoms with E-state index >= 15 is 0 Å². The molecule has 0 aliphatic carbocycles. The predicted molar refractivity (Wildman–Crippen MR) is 78.5 cm³/mol. The van der Waals surface area contributed by atoms with E-state index in [1.165, 1.54) is 18.3 Å². The topological polar surface area (TPSA) is 85.1 Å². The molecule has 0 aliphatic heterocycles. The highest BCUT2D eigenvalue weighted by molar-refractivity contribution is 7.89. The zero-order chi connectivity index (χ0) is 14.6. The number of nitrogens with two attached hydrogens (primary N) is 1. The number of aromatic nitrogens is 1. The molecule has 0 saturated heterocycles. The molecule has 2 rings (SSSR count). The number of hydrogen-bond acceptors (Lipinski definition) is 4. The third-order valence-electron chi connectivity index (χ3n) is 3.01. The fourth-order valence-corrected chi connectivity index (χ4v) is 2.95.